The van der Waals surface area contributed by atoms with Gasteiger partial charge in [-0.2, -0.15) is 0 Å². The Hall–Kier alpha value is 1.08. The van der Waals surface area contributed by atoms with Gasteiger partial charge in [-0.3, -0.25) is 0 Å². The van der Waals surface area contributed by atoms with E-state index in [4.69, 9.17) is 23.2 Å². The molecule has 6 heteroatoms. The van der Waals surface area contributed by atoms with Crippen LogP contribution >= 0.6 is 48.0 Å². The molecule has 0 aromatic heterocycles. The maximum absolute atomic E-state index is 5.71. The van der Waals surface area contributed by atoms with E-state index in [1.54, 1.807) is 0 Å². The van der Waals surface area contributed by atoms with E-state index in [1.807, 2.05) is 0 Å². The summed E-state index contributed by atoms with van der Waals surface area (Å²) in [5.74, 6) is 1.49. The summed E-state index contributed by atoms with van der Waals surface area (Å²) in [7, 11) is 4.31. The smallest absolute Gasteiger partial charge is 0.0351 e. The van der Waals surface area contributed by atoms with Gasteiger partial charge in [0.25, 0.3) is 0 Å². The Labute approximate surface area is 161 Å². The van der Waals surface area contributed by atoms with Gasteiger partial charge in [-0.25, -0.2) is 0 Å². The average Bonchev–Trinajstić information content (AvgIpc) is 2.41. The van der Waals surface area contributed by atoms with Crippen molar-refractivity contribution in [1.82, 2.24) is 9.80 Å². The van der Waals surface area contributed by atoms with Crippen molar-refractivity contribution in [3.8, 4) is 0 Å². The first-order valence-corrected chi connectivity index (χ1v) is 9.26. The van der Waals surface area contributed by atoms with E-state index in [9.17, 15) is 0 Å². The molecule has 0 amide bonds. The minimum Gasteiger partial charge on any atom is -0.305 e. The minimum atomic E-state index is 0. The Bertz CT molecular complexity index is 177. The van der Waals surface area contributed by atoms with Gasteiger partial charge in [0, 0.05) is 24.8 Å². The lowest BCUT2D eigenvalue weighted by molar-refractivity contribution is 0.339. The predicted octanol–water partition coefficient (Wildman–Crippen LogP) is 5.29. The number of nitrogens with zero attached hydrogens (tertiary/aromatic N) is 2. The Morgan fingerprint density at radius 3 is 1.05 bits per heavy atom. The molecule has 0 rings (SSSR count). The topological polar surface area (TPSA) is 6.48 Å². The number of hydrogen-bond acceptors (Lipinski definition) is 2. The summed E-state index contributed by atoms with van der Waals surface area (Å²) >= 11 is 11.4. The van der Waals surface area contributed by atoms with E-state index in [1.165, 1.54) is 64.5 Å². The lowest BCUT2D eigenvalue weighted by Gasteiger charge is -2.14. The molecule has 0 saturated carbocycles. The highest BCUT2D eigenvalue weighted by molar-refractivity contribution is 6.18. The van der Waals surface area contributed by atoms with E-state index in [0.717, 1.165) is 24.8 Å². The molecule has 0 N–H and O–H groups in total. The Morgan fingerprint density at radius 2 is 0.773 bits per heavy atom. The fourth-order valence-electron chi connectivity index (χ4n) is 2.34. The van der Waals surface area contributed by atoms with Crippen LogP contribution in [0.15, 0.2) is 0 Å². The van der Waals surface area contributed by atoms with E-state index in [-0.39, 0.29) is 24.8 Å². The van der Waals surface area contributed by atoms with Crippen molar-refractivity contribution in [3.63, 3.8) is 0 Å². The van der Waals surface area contributed by atoms with Crippen LogP contribution in [0, 0.1) is 0 Å². The average molecular weight is 398 g/mol. The zero-order chi connectivity index (χ0) is 15.1. The van der Waals surface area contributed by atoms with E-state index >= 15 is 0 Å². The van der Waals surface area contributed by atoms with Crippen LogP contribution < -0.4 is 0 Å². The fourth-order valence-corrected chi connectivity index (χ4v) is 2.91. The van der Waals surface area contributed by atoms with Crippen LogP contribution in [-0.2, 0) is 0 Å². The van der Waals surface area contributed by atoms with Gasteiger partial charge in [0.1, 0.15) is 0 Å². The number of halogens is 4. The molecule has 0 saturated heterocycles. The second kappa shape index (κ2) is 22.1. The Morgan fingerprint density at radius 1 is 0.500 bits per heavy atom. The molecule has 0 heterocycles. The third-order valence-electron chi connectivity index (χ3n) is 3.76. The summed E-state index contributed by atoms with van der Waals surface area (Å²) in [6.07, 6.45) is 10.9. The fraction of sp³-hybridized carbons (Fsp3) is 1.00. The molecule has 0 aliphatic carbocycles. The summed E-state index contributed by atoms with van der Waals surface area (Å²) in [6, 6.07) is 0. The van der Waals surface area contributed by atoms with Crippen LogP contribution in [0.1, 0.15) is 51.4 Å². The monoisotopic (exact) mass is 396 g/mol. The normalized spacial score (nSPS) is 10.6. The van der Waals surface area contributed by atoms with Gasteiger partial charge >= 0.3 is 0 Å². The molecule has 0 aromatic rings. The van der Waals surface area contributed by atoms with Crippen molar-refractivity contribution < 1.29 is 0 Å². The molecule has 0 aliphatic rings. The molecular formula is C16H36Cl4N2. The third-order valence-corrected chi connectivity index (χ3v) is 4.10. The number of alkyl halides is 2. The minimum absolute atomic E-state index is 0. The molecule has 0 aromatic carbocycles. The Balaban J connectivity index is -0.00000180. The van der Waals surface area contributed by atoms with E-state index < -0.39 is 0 Å². The standard InChI is InChI=1S/C16H34Cl2N2.2ClH/c1-19(15-11-17)13-9-7-5-3-4-6-8-10-14-20(2)16-12-18;;/h3-16H2,1-2H3;2*1H. The predicted molar refractivity (Wildman–Crippen MR) is 108 cm³/mol. The molecule has 0 aliphatic heterocycles. The van der Waals surface area contributed by atoms with Crippen molar-refractivity contribution in [3.05, 3.63) is 0 Å². The quantitative estimate of drug-likeness (QED) is 0.273. The van der Waals surface area contributed by atoms with Crippen molar-refractivity contribution in [2.75, 3.05) is 52.0 Å². The molecule has 138 valence electrons. The molecule has 0 spiro atoms. The molecule has 0 atom stereocenters. The van der Waals surface area contributed by atoms with Gasteiger partial charge in [-0.05, 0) is 40.0 Å². The van der Waals surface area contributed by atoms with Crippen LogP contribution in [0.5, 0.6) is 0 Å². The van der Waals surface area contributed by atoms with E-state index in [0.29, 0.717) is 0 Å². The van der Waals surface area contributed by atoms with Gasteiger partial charge in [0.2, 0.25) is 0 Å². The highest BCUT2D eigenvalue weighted by Gasteiger charge is 1.98. The first-order valence-electron chi connectivity index (χ1n) is 8.19. The second-order valence-electron chi connectivity index (χ2n) is 5.81. The van der Waals surface area contributed by atoms with Crippen molar-refractivity contribution in [2.24, 2.45) is 0 Å². The van der Waals surface area contributed by atoms with Crippen LogP contribution in [0.3, 0.4) is 0 Å². The van der Waals surface area contributed by atoms with Gasteiger partial charge < -0.3 is 9.80 Å². The third kappa shape index (κ3) is 21.1. The number of hydrogen-bond donors (Lipinski definition) is 0. The maximum atomic E-state index is 5.71. The number of rotatable bonds is 15. The molecule has 22 heavy (non-hydrogen) atoms. The first kappa shape index (κ1) is 27.9. The maximum Gasteiger partial charge on any atom is 0.0351 e. The highest BCUT2D eigenvalue weighted by Crippen LogP contribution is 2.09. The molecule has 0 radical (unpaired) electrons. The van der Waals surface area contributed by atoms with Gasteiger partial charge in [-0.15, -0.1) is 48.0 Å². The molecule has 2 nitrogen and oxygen atoms in total. The Kier molecular flexibility index (Phi) is 28.0. The summed E-state index contributed by atoms with van der Waals surface area (Å²) < 4.78 is 0. The number of unbranched alkanes of at least 4 members (excludes halogenated alkanes) is 7. The molecule has 0 fully saturated rings. The SMILES string of the molecule is CN(CCCl)CCCCCCCCCCN(C)CCCl.Cl.Cl. The molecule has 0 bridgehead atoms. The summed E-state index contributed by atoms with van der Waals surface area (Å²) in [4.78, 5) is 4.65. The zero-order valence-electron chi connectivity index (χ0n) is 14.4. The van der Waals surface area contributed by atoms with Gasteiger partial charge in [0.15, 0.2) is 0 Å². The molecule has 0 unspecified atom stereocenters. The lowest BCUT2D eigenvalue weighted by Crippen LogP contribution is -2.21. The highest BCUT2D eigenvalue weighted by atomic mass is 35.5. The second-order valence-corrected chi connectivity index (χ2v) is 6.57. The zero-order valence-corrected chi connectivity index (χ0v) is 17.5. The van der Waals surface area contributed by atoms with Crippen molar-refractivity contribution >= 4 is 48.0 Å². The summed E-state index contributed by atoms with van der Waals surface area (Å²) in [5, 5.41) is 0. The van der Waals surface area contributed by atoms with Crippen LogP contribution in [-0.4, -0.2) is 61.8 Å². The molecular weight excluding hydrogens is 362 g/mol. The lowest BCUT2D eigenvalue weighted by atomic mass is 10.1. The van der Waals surface area contributed by atoms with Crippen molar-refractivity contribution in [1.29, 1.82) is 0 Å². The van der Waals surface area contributed by atoms with Crippen molar-refractivity contribution in [2.45, 2.75) is 51.4 Å². The first-order chi connectivity index (χ1) is 9.70. The van der Waals surface area contributed by atoms with Crippen LogP contribution in [0.25, 0.3) is 0 Å². The van der Waals surface area contributed by atoms with Gasteiger partial charge in [-0.1, -0.05) is 38.5 Å². The van der Waals surface area contributed by atoms with Crippen LogP contribution in [0.4, 0.5) is 0 Å². The van der Waals surface area contributed by atoms with Gasteiger partial charge in [0.05, 0.1) is 0 Å². The summed E-state index contributed by atoms with van der Waals surface area (Å²) in [5.41, 5.74) is 0. The van der Waals surface area contributed by atoms with Crippen LogP contribution in [0.2, 0.25) is 0 Å². The largest absolute Gasteiger partial charge is 0.305 e. The summed E-state index contributed by atoms with van der Waals surface area (Å²) in [6.45, 7) is 4.42. The van der Waals surface area contributed by atoms with E-state index in [2.05, 4.69) is 23.9 Å².